The summed E-state index contributed by atoms with van der Waals surface area (Å²) in [6.45, 7) is 9.52. The zero-order valence-electron chi connectivity index (χ0n) is 12.6. The Kier molecular flexibility index (Phi) is 5.80. The highest BCUT2D eigenvalue weighted by atomic mass is 79.9. The maximum atomic E-state index is 6.73. The van der Waals surface area contributed by atoms with Crippen molar-refractivity contribution in [1.29, 1.82) is 0 Å². The van der Waals surface area contributed by atoms with Gasteiger partial charge in [0.05, 0.1) is 0 Å². The third-order valence-corrected chi connectivity index (χ3v) is 5.08. The van der Waals surface area contributed by atoms with E-state index in [0.717, 1.165) is 30.4 Å². The number of hydrogen-bond acceptors (Lipinski definition) is 2. The Morgan fingerprint density at radius 3 is 2.38 bits per heavy atom. The second-order valence-electron chi connectivity index (χ2n) is 5.83. The van der Waals surface area contributed by atoms with Gasteiger partial charge in [0.2, 0.25) is 0 Å². The average Bonchev–Trinajstić information content (AvgIpc) is 2.97. The summed E-state index contributed by atoms with van der Waals surface area (Å²) in [5.74, 6) is 0. The van der Waals surface area contributed by atoms with Crippen LogP contribution in [0.3, 0.4) is 0 Å². The van der Waals surface area contributed by atoms with Gasteiger partial charge in [0.1, 0.15) is 0 Å². The van der Waals surface area contributed by atoms with Crippen LogP contribution >= 0.6 is 15.9 Å². The molecule has 0 saturated heterocycles. The van der Waals surface area contributed by atoms with Gasteiger partial charge in [-0.05, 0) is 30.5 Å². The molecule has 1 aliphatic carbocycles. The van der Waals surface area contributed by atoms with E-state index in [1.807, 2.05) is 18.2 Å². The van der Waals surface area contributed by atoms with E-state index in [4.69, 9.17) is 5.73 Å². The summed E-state index contributed by atoms with van der Waals surface area (Å²) in [5.41, 5.74) is 7.95. The van der Waals surface area contributed by atoms with Crippen molar-refractivity contribution < 1.29 is 0 Å². The van der Waals surface area contributed by atoms with Crippen LogP contribution < -0.4 is 5.73 Å². The quantitative estimate of drug-likeness (QED) is 0.738. The average molecular weight is 349 g/mol. The lowest BCUT2D eigenvalue weighted by Gasteiger charge is -2.45. The van der Waals surface area contributed by atoms with E-state index in [1.165, 1.54) is 18.4 Å². The van der Waals surface area contributed by atoms with Gasteiger partial charge in [0.15, 0.2) is 0 Å². The van der Waals surface area contributed by atoms with E-state index in [0.29, 0.717) is 0 Å². The molecule has 0 heterocycles. The van der Waals surface area contributed by atoms with Crippen molar-refractivity contribution in [1.82, 2.24) is 4.90 Å². The Bertz CT molecular complexity index is 482. The summed E-state index contributed by atoms with van der Waals surface area (Å²) in [7, 11) is 0. The summed E-state index contributed by atoms with van der Waals surface area (Å²) in [4.78, 5) is 2.45. The van der Waals surface area contributed by atoms with E-state index in [-0.39, 0.29) is 11.6 Å². The maximum absolute atomic E-state index is 6.73. The molecule has 1 fully saturated rings. The van der Waals surface area contributed by atoms with Crippen LogP contribution in [-0.2, 0) is 0 Å². The molecule has 0 amide bonds. The number of nitrogens with two attached hydrogens (primary N) is 1. The third-order valence-electron chi connectivity index (χ3n) is 4.58. The molecule has 2 N–H and O–H groups in total. The van der Waals surface area contributed by atoms with Gasteiger partial charge in [-0.25, -0.2) is 0 Å². The fraction of sp³-hybridized carbons (Fsp3) is 0.444. The van der Waals surface area contributed by atoms with E-state index in [9.17, 15) is 0 Å². The fourth-order valence-corrected chi connectivity index (χ4v) is 3.99. The van der Waals surface area contributed by atoms with Crippen molar-refractivity contribution in [3.8, 4) is 0 Å². The van der Waals surface area contributed by atoms with Crippen LogP contribution in [0.2, 0.25) is 0 Å². The van der Waals surface area contributed by atoms with Crippen LogP contribution in [0.25, 0.3) is 0 Å². The number of nitrogens with zero attached hydrogens (tertiary/aromatic N) is 1. The van der Waals surface area contributed by atoms with Gasteiger partial charge < -0.3 is 5.73 Å². The lowest BCUT2D eigenvalue weighted by Crippen LogP contribution is -2.54. The van der Waals surface area contributed by atoms with Crippen LogP contribution in [0, 0.1) is 0 Å². The minimum atomic E-state index is 0.0115. The van der Waals surface area contributed by atoms with Crippen LogP contribution in [0.5, 0.6) is 0 Å². The number of halogens is 1. The first kappa shape index (κ1) is 16.5. The summed E-state index contributed by atoms with van der Waals surface area (Å²) in [6.07, 6.45) is 8.71. The number of rotatable bonds is 7. The Labute approximate surface area is 136 Å². The molecular weight excluding hydrogens is 324 g/mol. The molecule has 1 unspecified atom stereocenters. The van der Waals surface area contributed by atoms with E-state index in [1.54, 1.807) is 0 Å². The Morgan fingerprint density at radius 1 is 1.24 bits per heavy atom. The maximum Gasteiger partial charge on any atom is 0.0482 e. The summed E-state index contributed by atoms with van der Waals surface area (Å²) >= 11 is 3.55. The van der Waals surface area contributed by atoms with Gasteiger partial charge in [-0.1, -0.05) is 53.1 Å². The van der Waals surface area contributed by atoms with Gasteiger partial charge >= 0.3 is 0 Å². The van der Waals surface area contributed by atoms with Crippen molar-refractivity contribution in [3.63, 3.8) is 0 Å². The highest BCUT2D eigenvalue weighted by Crippen LogP contribution is 2.43. The molecular formula is C18H25BrN2. The lowest BCUT2D eigenvalue weighted by molar-refractivity contribution is 0.0907. The van der Waals surface area contributed by atoms with Gasteiger partial charge in [0.25, 0.3) is 0 Å². The number of hydrogen-bond donors (Lipinski definition) is 1. The largest absolute Gasteiger partial charge is 0.322 e. The molecule has 2 nitrogen and oxygen atoms in total. The predicted molar refractivity (Wildman–Crippen MR) is 94.2 cm³/mol. The molecule has 3 heteroatoms. The summed E-state index contributed by atoms with van der Waals surface area (Å²) in [5, 5.41) is 0. The first-order valence-corrected chi connectivity index (χ1v) is 8.41. The Morgan fingerprint density at radius 2 is 1.86 bits per heavy atom. The molecule has 1 aromatic rings. The molecule has 1 saturated carbocycles. The zero-order valence-corrected chi connectivity index (χ0v) is 14.2. The molecule has 0 aliphatic heterocycles. The van der Waals surface area contributed by atoms with E-state index in [2.05, 4.69) is 52.2 Å². The van der Waals surface area contributed by atoms with Crippen molar-refractivity contribution >= 4 is 15.9 Å². The van der Waals surface area contributed by atoms with E-state index < -0.39 is 0 Å². The minimum absolute atomic E-state index is 0.0115. The molecule has 0 bridgehead atoms. The van der Waals surface area contributed by atoms with Crippen molar-refractivity contribution in [2.24, 2.45) is 5.73 Å². The molecule has 1 atom stereocenters. The fourth-order valence-electron chi connectivity index (χ4n) is 3.57. The third kappa shape index (κ3) is 3.47. The molecule has 2 rings (SSSR count). The highest BCUT2D eigenvalue weighted by molar-refractivity contribution is 9.10. The SMILES string of the molecule is C=CCN(CC=C)C1(C(N)c2cccc(Br)c2)CCCC1. The van der Waals surface area contributed by atoms with Crippen molar-refractivity contribution in [3.05, 3.63) is 59.6 Å². The van der Waals surface area contributed by atoms with Crippen LogP contribution in [-0.4, -0.2) is 23.5 Å². The lowest BCUT2D eigenvalue weighted by atomic mass is 9.82. The van der Waals surface area contributed by atoms with Crippen LogP contribution in [0.15, 0.2) is 54.0 Å². The first-order chi connectivity index (χ1) is 10.1. The minimum Gasteiger partial charge on any atom is -0.322 e. The molecule has 1 aliphatic rings. The summed E-state index contributed by atoms with van der Waals surface area (Å²) < 4.78 is 1.09. The second-order valence-corrected chi connectivity index (χ2v) is 6.74. The highest BCUT2D eigenvalue weighted by Gasteiger charge is 2.44. The monoisotopic (exact) mass is 348 g/mol. The predicted octanol–water partition coefficient (Wildman–Crippen LogP) is 4.44. The van der Waals surface area contributed by atoms with Gasteiger partial charge in [-0.2, -0.15) is 0 Å². The molecule has 114 valence electrons. The van der Waals surface area contributed by atoms with Crippen LogP contribution in [0.4, 0.5) is 0 Å². The van der Waals surface area contributed by atoms with Gasteiger partial charge in [-0.15, -0.1) is 13.2 Å². The molecule has 0 aromatic heterocycles. The Balaban J connectivity index is 2.35. The summed E-state index contributed by atoms with van der Waals surface area (Å²) in [6, 6.07) is 8.40. The number of benzene rings is 1. The molecule has 0 spiro atoms. The topological polar surface area (TPSA) is 29.3 Å². The molecule has 0 radical (unpaired) electrons. The van der Waals surface area contributed by atoms with Crippen LogP contribution in [0.1, 0.15) is 37.3 Å². The normalized spacial score (nSPS) is 18.6. The Hall–Kier alpha value is -0.900. The van der Waals surface area contributed by atoms with Gasteiger partial charge in [0, 0.05) is 29.1 Å². The van der Waals surface area contributed by atoms with Crippen molar-refractivity contribution in [2.45, 2.75) is 37.3 Å². The second kappa shape index (κ2) is 7.39. The van der Waals surface area contributed by atoms with E-state index >= 15 is 0 Å². The molecule has 1 aromatic carbocycles. The van der Waals surface area contributed by atoms with Gasteiger partial charge in [-0.3, -0.25) is 4.90 Å². The zero-order chi connectivity index (χ0) is 15.3. The standard InChI is InChI=1S/C18H25BrN2/c1-3-12-21(13-4-2)18(10-5-6-11-18)17(20)15-8-7-9-16(19)14-15/h3-4,7-9,14,17H,1-2,5-6,10-13,20H2. The van der Waals surface area contributed by atoms with Crippen molar-refractivity contribution in [2.75, 3.05) is 13.1 Å². The smallest absolute Gasteiger partial charge is 0.0482 e. The molecule has 21 heavy (non-hydrogen) atoms. The first-order valence-electron chi connectivity index (χ1n) is 7.62.